The summed E-state index contributed by atoms with van der Waals surface area (Å²) in [7, 11) is 3.61. The van der Waals surface area contributed by atoms with Crippen molar-refractivity contribution in [2.75, 3.05) is 33.7 Å². The van der Waals surface area contributed by atoms with Crippen LogP contribution in [0.15, 0.2) is 48.7 Å². The van der Waals surface area contributed by atoms with Crippen molar-refractivity contribution in [1.82, 2.24) is 20.1 Å². The summed E-state index contributed by atoms with van der Waals surface area (Å²) in [5, 5.41) is 13.1. The summed E-state index contributed by atoms with van der Waals surface area (Å²) >= 11 is 0. The Hall–Kier alpha value is -3.79. The van der Waals surface area contributed by atoms with Crippen LogP contribution in [-0.4, -0.2) is 60.5 Å². The molecule has 4 rings (SSSR count). The number of benzene rings is 2. The molecule has 158 valence electrons. The number of carbonyl (C=O) groups excluding carboxylic acids is 2. The Morgan fingerprint density at radius 1 is 1.16 bits per heavy atom. The average molecular weight is 415 g/mol. The molecule has 2 heterocycles. The molecule has 0 aliphatic carbocycles. The number of nitriles is 1. The van der Waals surface area contributed by atoms with E-state index in [4.69, 9.17) is 0 Å². The molecule has 0 atom stereocenters. The molecule has 0 bridgehead atoms. The highest BCUT2D eigenvalue weighted by Gasteiger charge is 2.27. The summed E-state index contributed by atoms with van der Waals surface area (Å²) in [4.78, 5) is 31.0. The van der Waals surface area contributed by atoms with Crippen molar-refractivity contribution in [1.29, 1.82) is 5.26 Å². The van der Waals surface area contributed by atoms with Crippen LogP contribution in [0.3, 0.4) is 0 Å². The van der Waals surface area contributed by atoms with E-state index in [1.807, 2.05) is 56.6 Å². The summed E-state index contributed by atoms with van der Waals surface area (Å²) < 4.78 is 0. The van der Waals surface area contributed by atoms with Crippen molar-refractivity contribution < 1.29 is 9.59 Å². The first-order valence-electron chi connectivity index (χ1n) is 10.3. The lowest BCUT2D eigenvalue weighted by atomic mass is 9.95. The van der Waals surface area contributed by atoms with Gasteiger partial charge in [-0.3, -0.25) is 4.79 Å². The maximum absolute atomic E-state index is 12.5. The molecule has 1 aromatic heterocycles. The zero-order valence-electron chi connectivity index (χ0n) is 17.7. The minimum atomic E-state index is -0.111. The lowest BCUT2D eigenvalue weighted by Gasteiger charge is -2.36. The Morgan fingerprint density at radius 2 is 1.87 bits per heavy atom. The van der Waals surface area contributed by atoms with Crippen LogP contribution in [0.1, 0.15) is 33.0 Å². The standard InChI is InChI=1S/C24H25N5O2/c1-28-14-20(15-29(2)24(28)31)17-4-6-18(7-5-17)23(30)26-10-9-16-3-8-22-21(11-16)19(12-25)13-27-22/h3-8,11,13,20,27H,9-10,14-15H2,1-2H3,(H,26,30). The molecule has 7 heteroatoms. The third-order valence-electron chi connectivity index (χ3n) is 5.85. The van der Waals surface area contributed by atoms with E-state index in [0.29, 0.717) is 37.2 Å². The van der Waals surface area contributed by atoms with E-state index in [1.54, 1.807) is 16.0 Å². The molecule has 2 N–H and O–H groups in total. The van der Waals surface area contributed by atoms with Gasteiger partial charge in [-0.1, -0.05) is 18.2 Å². The first-order chi connectivity index (χ1) is 15.0. The smallest absolute Gasteiger partial charge is 0.319 e. The predicted octanol–water partition coefficient (Wildman–Crippen LogP) is 3.09. The average Bonchev–Trinajstić information content (AvgIpc) is 3.19. The Bertz CT molecular complexity index is 1140. The van der Waals surface area contributed by atoms with Gasteiger partial charge in [0.2, 0.25) is 0 Å². The number of aromatic nitrogens is 1. The van der Waals surface area contributed by atoms with Crippen molar-refractivity contribution in [3.63, 3.8) is 0 Å². The molecular formula is C24H25N5O2. The Morgan fingerprint density at radius 3 is 2.55 bits per heavy atom. The molecule has 1 aliphatic rings. The Balaban J connectivity index is 1.34. The van der Waals surface area contributed by atoms with Crippen LogP contribution in [0.25, 0.3) is 10.9 Å². The number of likely N-dealkylation sites (N-methyl/N-ethyl adjacent to an activating group) is 2. The minimum absolute atomic E-state index is 0.0340. The number of hydrogen-bond acceptors (Lipinski definition) is 3. The van der Waals surface area contributed by atoms with Gasteiger partial charge in [0.1, 0.15) is 6.07 Å². The SMILES string of the molecule is CN1CC(c2ccc(C(=O)NCCc3ccc4[nH]cc(C#N)c4c3)cc2)CN(C)C1=O. The molecule has 0 unspecified atom stereocenters. The van der Waals surface area contributed by atoms with E-state index in [9.17, 15) is 14.9 Å². The Kier molecular flexibility index (Phi) is 5.63. The van der Waals surface area contributed by atoms with Crippen LogP contribution in [-0.2, 0) is 6.42 Å². The second-order valence-corrected chi connectivity index (χ2v) is 8.06. The fourth-order valence-corrected chi connectivity index (χ4v) is 4.12. The van der Waals surface area contributed by atoms with Crippen LogP contribution in [0.5, 0.6) is 0 Å². The molecule has 2 aromatic carbocycles. The molecule has 1 aliphatic heterocycles. The topological polar surface area (TPSA) is 92.2 Å². The van der Waals surface area contributed by atoms with Crippen LogP contribution in [0, 0.1) is 11.3 Å². The van der Waals surface area contributed by atoms with E-state index in [0.717, 1.165) is 22.0 Å². The van der Waals surface area contributed by atoms with Gasteiger partial charge in [-0.2, -0.15) is 5.26 Å². The first kappa shape index (κ1) is 20.5. The first-order valence-corrected chi connectivity index (χ1v) is 10.3. The monoisotopic (exact) mass is 415 g/mol. The molecule has 0 spiro atoms. The maximum atomic E-state index is 12.5. The number of amides is 3. The second kappa shape index (κ2) is 8.52. The molecular weight excluding hydrogens is 390 g/mol. The quantitative estimate of drug-likeness (QED) is 0.671. The van der Waals surface area contributed by atoms with Crippen LogP contribution < -0.4 is 5.32 Å². The summed E-state index contributed by atoms with van der Waals surface area (Å²) in [6.07, 6.45) is 2.39. The van der Waals surface area contributed by atoms with Crippen LogP contribution >= 0.6 is 0 Å². The second-order valence-electron chi connectivity index (χ2n) is 8.06. The van der Waals surface area contributed by atoms with Crippen molar-refractivity contribution in [2.45, 2.75) is 12.3 Å². The van der Waals surface area contributed by atoms with Crippen molar-refractivity contribution in [3.8, 4) is 6.07 Å². The van der Waals surface area contributed by atoms with Crippen LogP contribution in [0.4, 0.5) is 4.79 Å². The van der Waals surface area contributed by atoms with Gasteiger partial charge in [0.05, 0.1) is 5.56 Å². The number of nitrogens with one attached hydrogen (secondary N) is 2. The molecule has 3 amide bonds. The van der Waals surface area contributed by atoms with E-state index in [2.05, 4.69) is 16.4 Å². The highest BCUT2D eigenvalue weighted by molar-refractivity contribution is 5.94. The van der Waals surface area contributed by atoms with E-state index < -0.39 is 0 Å². The summed E-state index contributed by atoms with van der Waals surface area (Å²) in [5.74, 6) is 0.117. The van der Waals surface area contributed by atoms with Gasteiger partial charge < -0.3 is 20.1 Å². The minimum Gasteiger partial charge on any atom is -0.360 e. The third kappa shape index (κ3) is 4.24. The number of fused-ring (bicyclic) bond motifs is 1. The number of rotatable bonds is 5. The Labute approximate surface area is 181 Å². The molecule has 1 fully saturated rings. The van der Waals surface area contributed by atoms with Crippen molar-refractivity contribution >= 4 is 22.8 Å². The molecule has 0 saturated carbocycles. The molecule has 0 radical (unpaired) electrons. The zero-order chi connectivity index (χ0) is 22.0. The normalized spacial score (nSPS) is 14.7. The highest BCUT2D eigenvalue weighted by atomic mass is 16.2. The highest BCUT2D eigenvalue weighted by Crippen LogP contribution is 2.23. The number of H-pyrrole nitrogens is 1. The van der Waals surface area contributed by atoms with E-state index >= 15 is 0 Å². The van der Waals surface area contributed by atoms with Crippen molar-refractivity contribution in [2.24, 2.45) is 0 Å². The fraction of sp³-hybridized carbons (Fsp3) is 0.292. The molecule has 3 aromatic rings. The van der Waals surface area contributed by atoms with Gasteiger partial charge >= 0.3 is 6.03 Å². The lowest BCUT2D eigenvalue weighted by molar-refractivity contribution is 0.0954. The maximum Gasteiger partial charge on any atom is 0.319 e. The van der Waals surface area contributed by atoms with Gasteiger partial charge in [0, 0.05) is 62.3 Å². The summed E-state index contributed by atoms with van der Waals surface area (Å²) in [6, 6.07) is 15.8. The van der Waals surface area contributed by atoms with Crippen LogP contribution in [0.2, 0.25) is 0 Å². The zero-order valence-corrected chi connectivity index (χ0v) is 17.7. The number of urea groups is 1. The van der Waals surface area contributed by atoms with Gasteiger partial charge in [0.25, 0.3) is 5.91 Å². The summed E-state index contributed by atoms with van der Waals surface area (Å²) in [5.41, 5.74) is 4.37. The largest absolute Gasteiger partial charge is 0.360 e. The number of hydrogen-bond donors (Lipinski definition) is 2. The van der Waals surface area contributed by atoms with Gasteiger partial charge in [-0.25, -0.2) is 4.79 Å². The lowest BCUT2D eigenvalue weighted by Crippen LogP contribution is -2.48. The van der Waals surface area contributed by atoms with Gasteiger partial charge in [-0.15, -0.1) is 0 Å². The van der Waals surface area contributed by atoms with E-state index in [1.165, 1.54) is 0 Å². The number of carbonyl (C=O) groups is 2. The van der Waals surface area contributed by atoms with Crippen molar-refractivity contribution in [3.05, 3.63) is 70.9 Å². The molecule has 31 heavy (non-hydrogen) atoms. The van der Waals surface area contributed by atoms with Gasteiger partial charge in [0.15, 0.2) is 0 Å². The van der Waals surface area contributed by atoms with E-state index in [-0.39, 0.29) is 17.9 Å². The van der Waals surface area contributed by atoms with Gasteiger partial charge in [-0.05, 0) is 41.8 Å². The molecule has 7 nitrogen and oxygen atoms in total. The fourth-order valence-electron chi connectivity index (χ4n) is 4.12. The molecule has 1 saturated heterocycles. The predicted molar refractivity (Wildman–Crippen MR) is 119 cm³/mol. The summed E-state index contributed by atoms with van der Waals surface area (Å²) in [6.45, 7) is 1.86. The third-order valence-corrected chi connectivity index (χ3v) is 5.85. The number of aromatic amines is 1. The number of nitrogens with zero attached hydrogens (tertiary/aromatic N) is 3.